The standard InChI is InChI=1S/C15H27N3S/c1-16-15(18-12-14-8-5-11-19-14)17-10-9-13-6-3-2-4-7-13/h6,14H,2-5,7-12H2,1H3,(H2,16,17,18). The Morgan fingerprint density at radius 2 is 2.32 bits per heavy atom. The predicted molar refractivity (Wildman–Crippen MR) is 86.0 cm³/mol. The average Bonchev–Trinajstić information content (AvgIpc) is 2.97. The smallest absolute Gasteiger partial charge is 0.191 e. The summed E-state index contributed by atoms with van der Waals surface area (Å²) in [5.74, 6) is 2.29. The highest BCUT2D eigenvalue weighted by atomic mass is 32.2. The summed E-state index contributed by atoms with van der Waals surface area (Å²) in [5.41, 5.74) is 1.63. The zero-order chi connectivity index (χ0) is 13.3. The molecule has 1 aliphatic heterocycles. The number of nitrogens with zero attached hydrogens (tertiary/aromatic N) is 1. The van der Waals surface area contributed by atoms with Gasteiger partial charge >= 0.3 is 0 Å². The Balaban J connectivity index is 1.60. The van der Waals surface area contributed by atoms with Gasteiger partial charge in [0.25, 0.3) is 0 Å². The number of guanidine groups is 1. The SMILES string of the molecule is CN=C(NCCC1=CCCCC1)NCC1CCCS1. The topological polar surface area (TPSA) is 36.4 Å². The van der Waals surface area contributed by atoms with Crippen LogP contribution in [0.15, 0.2) is 16.6 Å². The van der Waals surface area contributed by atoms with Crippen LogP contribution in [0.3, 0.4) is 0 Å². The van der Waals surface area contributed by atoms with E-state index in [0.717, 1.165) is 24.3 Å². The van der Waals surface area contributed by atoms with Gasteiger partial charge in [0.15, 0.2) is 5.96 Å². The number of aliphatic imine (C=N–C) groups is 1. The van der Waals surface area contributed by atoms with Crippen LogP contribution in [0, 0.1) is 0 Å². The third kappa shape index (κ3) is 5.47. The number of allylic oxidation sites excluding steroid dienone is 1. The van der Waals surface area contributed by atoms with E-state index in [1.807, 2.05) is 7.05 Å². The highest BCUT2D eigenvalue weighted by molar-refractivity contribution is 8.00. The van der Waals surface area contributed by atoms with Crippen LogP contribution >= 0.6 is 11.8 Å². The maximum atomic E-state index is 4.30. The molecule has 2 aliphatic rings. The van der Waals surface area contributed by atoms with Crippen molar-refractivity contribution < 1.29 is 0 Å². The van der Waals surface area contributed by atoms with E-state index in [1.54, 1.807) is 5.57 Å². The van der Waals surface area contributed by atoms with Crippen molar-refractivity contribution in [1.82, 2.24) is 10.6 Å². The minimum atomic E-state index is 0.777. The van der Waals surface area contributed by atoms with Crippen molar-refractivity contribution in [2.75, 3.05) is 25.9 Å². The van der Waals surface area contributed by atoms with Crippen molar-refractivity contribution in [3.8, 4) is 0 Å². The molecular weight excluding hydrogens is 254 g/mol. The van der Waals surface area contributed by atoms with Crippen molar-refractivity contribution in [2.45, 2.75) is 50.2 Å². The van der Waals surface area contributed by atoms with Crippen LogP contribution in [0.25, 0.3) is 0 Å². The Kier molecular flexibility index (Phi) is 6.62. The van der Waals surface area contributed by atoms with Crippen LogP contribution in [0.1, 0.15) is 44.9 Å². The molecule has 0 spiro atoms. The third-order valence-corrected chi connectivity index (χ3v) is 5.27. The van der Waals surface area contributed by atoms with Crippen molar-refractivity contribution in [1.29, 1.82) is 0 Å². The maximum Gasteiger partial charge on any atom is 0.191 e. The largest absolute Gasteiger partial charge is 0.356 e. The van der Waals surface area contributed by atoms with E-state index < -0.39 is 0 Å². The maximum absolute atomic E-state index is 4.30. The molecule has 0 aromatic carbocycles. The van der Waals surface area contributed by atoms with E-state index in [9.17, 15) is 0 Å². The predicted octanol–water partition coefficient (Wildman–Crippen LogP) is 2.94. The summed E-state index contributed by atoms with van der Waals surface area (Å²) in [5, 5.41) is 7.65. The second-order valence-corrected chi connectivity index (χ2v) is 6.78. The molecule has 0 saturated carbocycles. The van der Waals surface area contributed by atoms with Crippen LogP contribution < -0.4 is 10.6 Å². The number of hydrogen-bond acceptors (Lipinski definition) is 2. The van der Waals surface area contributed by atoms with E-state index in [1.165, 1.54) is 50.7 Å². The molecule has 1 fully saturated rings. The first-order valence-electron chi connectivity index (χ1n) is 7.62. The van der Waals surface area contributed by atoms with Crippen molar-refractivity contribution in [3.05, 3.63) is 11.6 Å². The van der Waals surface area contributed by atoms with Crippen LogP contribution in [0.4, 0.5) is 0 Å². The first-order chi connectivity index (χ1) is 9.38. The van der Waals surface area contributed by atoms with Gasteiger partial charge in [-0.2, -0.15) is 11.8 Å². The highest BCUT2D eigenvalue weighted by Gasteiger charge is 2.15. The fourth-order valence-corrected chi connectivity index (χ4v) is 3.91. The van der Waals surface area contributed by atoms with Gasteiger partial charge < -0.3 is 10.6 Å². The van der Waals surface area contributed by atoms with E-state index in [-0.39, 0.29) is 0 Å². The van der Waals surface area contributed by atoms with Gasteiger partial charge in [-0.25, -0.2) is 0 Å². The summed E-state index contributed by atoms with van der Waals surface area (Å²) in [4.78, 5) is 4.30. The van der Waals surface area contributed by atoms with Gasteiger partial charge in [-0.05, 0) is 50.7 Å². The van der Waals surface area contributed by atoms with Gasteiger partial charge in [0.1, 0.15) is 0 Å². The molecule has 0 radical (unpaired) electrons. The van der Waals surface area contributed by atoms with Crippen LogP contribution in [0.2, 0.25) is 0 Å². The first kappa shape index (κ1) is 14.8. The average molecular weight is 281 g/mol. The number of hydrogen-bond donors (Lipinski definition) is 2. The lowest BCUT2D eigenvalue weighted by atomic mass is 9.97. The highest BCUT2D eigenvalue weighted by Crippen LogP contribution is 2.25. The summed E-state index contributed by atoms with van der Waals surface area (Å²) in [6, 6.07) is 0. The molecule has 0 amide bonds. The molecule has 19 heavy (non-hydrogen) atoms. The Bertz CT molecular complexity index is 319. The molecule has 0 aromatic rings. The van der Waals surface area contributed by atoms with Crippen LogP contribution in [-0.4, -0.2) is 37.1 Å². The molecular formula is C15H27N3S. The van der Waals surface area contributed by atoms with E-state index in [2.05, 4.69) is 33.5 Å². The number of nitrogens with one attached hydrogen (secondary N) is 2. The molecule has 1 unspecified atom stereocenters. The summed E-state index contributed by atoms with van der Waals surface area (Å²) in [6.45, 7) is 2.05. The van der Waals surface area contributed by atoms with Gasteiger partial charge in [0.2, 0.25) is 0 Å². The van der Waals surface area contributed by atoms with Crippen molar-refractivity contribution in [2.24, 2.45) is 4.99 Å². The van der Waals surface area contributed by atoms with Gasteiger partial charge in [-0.15, -0.1) is 0 Å². The molecule has 1 aliphatic carbocycles. The monoisotopic (exact) mass is 281 g/mol. The zero-order valence-electron chi connectivity index (χ0n) is 12.1. The fourth-order valence-electron chi connectivity index (χ4n) is 2.71. The lowest BCUT2D eigenvalue weighted by molar-refractivity contribution is 0.663. The molecule has 1 heterocycles. The van der Waals surface area contributed by atoms with Crippen LogP contribution in [0.5, 0.6) is 0 Å². The first-order valence-corrected chi connectivity index (χ1v) is 8.67. The summed E-state index contributed by atoms with van der Waals surface area (Å²) >= 11 is 2.09. The van der Waals surface area contributed by atoms with E-state index >= 15 is 0 Å². The lowest BCUT2D eigenvalue weighted by Gasteiger charge is -2.16. The molecule has 1 atom stereocenters. The normalized spacial score (nSPS) is 24.2. The molecule has 2 N–H and O–H groups in total. The zero-order valence-corrected chi connectivity index (χ0v) is 12.9. The quantitative estimate of drug-likeness (QED) is 0.462. The molecule has 108 valence electrons. The van der Waals surface area contributed by atoms with E-state index in [0.29, 0.717) is 0 Å². The van der Waals surface area contributed by atoms with Gasteiger partial charge in [-0.3, -0.25) is 4.99 Å². The van der Waals surface area contributed by atoms with Gasteiger partial charge in [0, 0.05) is 25.4 Å². The summed E-state index contributed by atoms with van der Waals surface area (Å²) in [6.07, 6.45) is 11.6. The molecule has 4 heteroatoms. The second-order valence-electron chi connectivity index (χ2n) is 5.37. The Hall–Kier alpha value is -0.640. The molecule has 3 nitrogen and oxygen atoms in total. The molecule has 1 saturated heterocycles. The van der Waals surface area contributed by atoms with Crippen LogP contribution in [-0.2, 0) is 0 Å². The number of thioether (sulfide) groups is 1. The minimum Gasteiger partial charge on any atom is -0.356 e. The minimum absolute atomic E-state index is 0.777. The number of rotatable bonds is 5. The summed E-state index contributed by atoms with van der Waals surface area (Å²) in [7, 11) is 1.86. The van der Waals surface area contributed by atoms with E-state index in [4.69, 9.17) is 0 Å². The molecule has 2 rings (SSSR count). The summed E-state index contributed by atoms with van der Waals surface area (Å²) < 4.78 is 0. The molecule has 0 bridgehead atoms. The molecule has 0 aromatic heterocycles. The lowest BCUT2D eigenvalue weighted by Crippen LogP contribution is -2.40. The van der Waals surface area contributed by atoms with Crippen molar-refractivity contribution in [3.63, 3.8) is 0 Å². The fraction of sp³-hybridized carbons (Fsp3) is 0.800. The second kappa shape index (κ2) is 8.51. The van der Waals surface area contributed by atoms with Gasteiger partial charge in [0.05, 0.1) is 0 Å². The Morgan fingerprint density at radius 3 is 3.00 bits per heavy atom. The Morgan fingerprint density at radius 1 is 1.37 bits per heavy atom. The Labute approximate surface area is 121 Å². The third-order valence-electron chi connectivity index (χ3n) is 3.87. The van der Waals surface area contributed by atoms with Gasteiger partial charge in [-0.1, -0.05) is 11.6 Å². The van der Waals surface area contributed by atoms with Crippen molar-refractivity contribution >= 4 is 17.7 Å².